The molecule has 0 heterocycles. The second kappa shape index (κ2) is 37.3. The number of quaternary nitrogens is 1. The molecule has 8 nitrogen and oxygen atoms in total. The van der Waals surface area contributed by atoms with Gasteiger partial charge in [-0.2, -0.15) is 0 Å². The third kappa shape index (κ3) is 35.8. The molecule has 53 heavy (non-hydrogen) atoms. The number of rotatable bonds is 41. The van der Waals surface area contributed by atoms with Crippen molar-refractivity contribution in [2.24, 2.45) is 0 Å². The van der Waals surface area contributed by atoms with Crippen LogP contribution >= 0.6 is 0 Å². The number of aliphatic carboxylic acids is 1. The second-order valence-corrected chi connectivity index (χ2v) is 16.7. The Bertz CT molecular complexity index is 843. The van der Waals surface area contributed by atoms with E-state index in [2.05, 4.69) is 13.8 Å². The van der Waals surface area contributed by atoms with E-state index >= 15 is 0 Å². The third-order valence-corrected chi connectivity index (χ3v) is 10.5. The van der Waals surface area contributed by atoms with Crippen LogP contribution in [-0.4, -0.2) is 80.6 Å². The van der Waals surface area contributed by atoms with Gasteiger partial charge in [-0.1, -0.05) is 187 Å². The number of unbranched alkanes of at least 4 members (excludes halogenated alkanes) is 27. The summed E-state index contributed by atoms with van der Waals surface area (Å²) in [7, 11) is 5.53. The highest BCUT2D eigenvalue weighted by atomic mass is 16.6. The Morgan fingerprint density at radius 1 is 0.491 bits per heavy atom. The number of esters is 2. The minimum Gasteiger partial charge on any atom is -0.477 e. The van der Waals surface area contributed by atoms with Crippen LogP contribution in [0.15, 0.2) is 0 Å². The number of hydrogen-bond donors (Lipinski definition) is 1. The zero-order valence-corrected chi connectivity index (χ0v) is 35.7. The summed E-state index contributed by atoms with van der Waals surface area (Å²) in [5.41, 5.74) is 0. The molecule has 8 heteroatoms. The lowest BCUT2D eigenvalue weighted by molar-refractivity contribution is -0.887. The number of carboxylic acid groups (broad SMARTS) is 1. The van der Waals surface area contributed by atoms with E-state index in [1.54, 1.807) is 0 Å². The lowest BCUT2D eigenvalue weighted by atomic mass is 10.0. The summed E-state index contributed by atoms with van der Waals surface area (Å²) in [4.78, 5) is 36.7. The zero-order valence-electron chi connectivity index (χ0n) is 35.7. The molecule has 2 atom stereocenters. The van der Waals surface area contributed by atoms with E-state index in [4.69, 9.17) is 14.2 Å². The molecule has 0 aliphatic carbocycles. The Morgan fingerprint density at radius 3 is 1.17 bits per heavy atom. The largest absolute Gasteiger partial charge is 0.477 e. The summed E-state index contributed by atoms with van der Waals surface area (Å²) >= 11 is 0. The Kier molecular flexibility index (Phi) is 36.1. The molecular weight excluding hydrogens is 666 g/mol. The molecule has 0 fully saturated rings. The van der Waals surface area contributed by atoms with Crippen molar-refractivity contribution in [3.63, 3.8) is 0 Å². The highest BCUT2D eigenvalue weighted by Crippen LogP contribution is 2.16. The van der Waals surface area contributed by atoms with Crippen LogP contribution in [0.3, 0.4) is 0 Å². The molecule has 0 bridgehead atoms. The second-order valence-electron chi connectivity index (χ2n) is 16.7. The fourth-order valence-corrected chi connectivity index (χ4v) is 6.98. The van der Waals surface area contributed by atoms with E-state index in [9.17, 15) is 19.5 Å². The number of carbonyl (C=O) groups excluding carboxylic acids is 2. The van der Waals surface area contributed by atoms with Gasteiger partial charge in [0.15, 0.2) is 12.1 Å². The van der Waals surface area contributed by atoms with Crippen LogP contribution in [0.2, 0.25) is 0 Å². The smallest absolute Gasteiger partial charge is 0.362 e. The molecule has 0 aromatic rings. The quantitative estimate of drug-likeness (QED) is 0.0377. The molecular formula is C45H88NO7+. The molecule has 0 radical (unpaired) electrons. The number of likely N-dealkylation sites (N-methyl/N-ethyl adjacent to an activating group) is 1. The monoisotopic (exact) mass is 755 g/mol. The van der Waals surface area contributed by atoms with Gasteiger partial charge >= 0.3 is 17.9 Å². The first kappa shape index (κ1) is 51.3. The van der Waals surface area contributed by atoms with Crippen molar-refractivity contribution in [3.05, 3.63) is 0 Å². The van der Waals surface area contributed by atoms with Gasteiger partial charge in [0.25, 0.3) is 0 Å². The van der Waals surface area contributed by atoms with Crippen molar-refractivity contribution in [2.75, 3.05) is 41.0 Å². The first-order chi connectivity index (χ1) is 25.6. The van der Waals surface area contributed by atoms with E-state index in [1.165, 1.54) is 148 Å². The summed E-state index contributed by atoms with van der Waals surface area (Å²) in [6, 6.07) is -0.607. The summed E-state index contributed by atoms with van der Waals surface area (Å²) in [5, 5.41) is 9.58. The Hall–Kier alpha value is -1.67. The average Bonchev–Trinajstić information content (AvgIpc) is 3.11. The number of hydrogen-bond acceptors (Lipinski definition) is 6. The van der Waals surface area contributed by atoms with Gasteiger partial charge in [0.05, 0.1) is 34.4 Å². The van der Waals surface area contributed by atoms with E-state index in [0.717, 1.165) is 38.5 Å². The fourth-order valence-electron chi connectivity index (χ4n) is 6.98. The molecule has 0 aromatic heterocycles. The predicted octanol–water partition coefficient (Wildman–Crippen LogP) is 12.1. The highest BCUT2D eigenvalue weighted by Gasteiger charge is 2.31. The summed E-state index contributed by atoms with van der Waals surface area (Å²) in [6.07, 6.45) is 37.5. The molecule has 0 rings (SSSR count). The van der Waals surface area contributed by atoms with Crippen LogP contribution in [0.25, 0.3) is 0 Å². The average molecular weight is 755 g/mol. The highest BCUT2D eigenvalue weighted by molar-refractivity contribution is 5.72. The number of carboxylic acids is 1. The van der Waals surface area contributed by atoms with Crippen LogP contribution in [0.5, 0.6) is 0 Å². The van der Waals surface area contributed by atoms with Crippen molar-refractivity contribution in [1.82, 2.24) is 0 Å². The van der Waals surface area contributed by atoms with Crippen LogP contribution in [0.1, 0.15) is 219 Å². The molecule has 0 amide bonds. The maximum atomic E-state index is 12.7. The molecule has 2 unspecified atom stereocenters. The van der Waals surface area contributed by atoms with E-state index in [0.29, 0.717) is 19.3 Å². The normalized spacial score (nSPS) is 12.8. The van der Waals surface area contributed by atoms with Gasteiger partial charge in [-0.3, -0.25) is 9.59 Å². The van der Waals surface area contributed by atoms with E-state index in [-0.39, 0.29) is 36.2 Å². The minimum absolute atomic E-state index is 0.0441. The van der Waals surface area contributed by atoms with Gasteiger partial charge in [0.2, 0.25) is 0 Å². The molecule has 0 saturated carbocycles. The topological polar surface area (TPSA) is 99.1 Å². The van der Waals surface area contributed by atoms with Gasteiger partial charge in [0, 0.05) is 19.3 Å². The van der Waals surface area contributed by atoms with Gasteiger partial charge in [-0.15, -0.1) is 0 Å². The molecule has 0 aromatic carbocycles. The van der Waals surface area contributed by atoms with Crippen molar-refractivity contribution in [3.8, 4) is 0 Å². The van der Waals surface area contributed by atoms with Crippen LogP contribution < -0.4 is 0 Å². The van der Waals surface area contributed by atoms with Gasteiger partial charge in [0.1, 0.15) is 6.61 Å². The van der Waals surface area contributed by atoms with Crippen molar-refractivity contribution >= 4 is 17.9 Å². The van der Waals surface area contributed by atoms with Crippen molar-refractivity contribution in [1.29, 1.82) is 0 Å². The van der Waals surface area contributed by atoms with E-state index in [1.807, 2.05) is 21.1 Å². The number of carbonyl (C=O) groups is 3. The lowest BCUT2D eigenvalue weighted by Crippen LogP contribution is -2.50. The van der Waals surface area contributed by atoms with Crippen molar-refractivity contribution < 1.29 is 38.2 Å². The van der Waals surface area contributed by atoms with Gasteiger partial charge in [-0.05, 0) is 12.8 Å². The maximum Gasteiger partial charge on any atom is 0.362 e. The summed E-state index contributed by atoms with van der Waals surface area (Å²) < 4.78 is 17.2. The SMILES string of the molecule is CCCCCCCCCCCCCCCCCCCCCCCCCC(=O)OC(COCCC(C(=O)O)[N+](C)(C)C)COC(=O)CCCCCCCC. The van der Waals surface area contributed by atoms with Crippen LogP contribution in [0.4, 0.5) is 0 Å². The lowest BCUT2D eigenvalue weighted by Gasteiger charge is -2.31. The first-order valence-electron chi connectivity index (χ1n) is 22.6. The summed E-state index contributed by atoms with van der Waals surface area (Å²) in [5.74, 6) is -1.46. The Labute approximate surface area is 327 Å². The number of nitrogens with zero attached hydrogens (tertiary/aromatic N) is 1. The Morgan fingerprint density at radius 2 is 0.830 bits per heavy atom. The molecule has 0 spiro atoms. The van der Waals surface area contributed by atoms with Gasteiger partial charge < -0.3 is 23.8 Å². The predicted molar refractivity (Wildman–Crippen MR) is 220 cm³/mol. The third-order valence-electron chi connectivity index (χ3n) is 10.5. The Balaban J connectivity index is 4.04. The van der Waals surface area contributed by atoms with Crippen LogP contribution in [0, 0.1) is 0 Å². The number of ether oxygens (including phenoxy) is 3. The molecule has 0 aliphatic heterocycles. The summed E-state index contributed by atoms with van der Waals surface area (Å²) in [6.45, 7) is 4.71. The molecule has 0 saturated heterocycles. The first-order valence-corrected chi connectivity index (χ1v) is 22.6. The van der Waals surface area contributed by atoms with E-state index < -0.39 is 18.1 Å². The minimum atomic E-state index is -0.872. The molecule has 314 valence electrons. The zero-order chi connectivity index (χ0) is 39.3. The van der Waals surface area contributed by atoms with Crippen LogP contribution in [-0.2, 0) is 28.6 Å². The molecule has 0 aliphatic rings. The van der Waals surface area contributed by atoms with Crippen molar-refractivity contribution in [2.45, 2.75) is 231 Å². The fraction of sp³-hybridized carbons (Fsp3) is 0.933. The standard InChI is InChI=1S/C45H87NO7/c1-6-8-10-12-14-15-16-17-18-19-20-21-22-23-24-25-26-27-28-29-30-32-34-36-44(48)53-41(39-51-38-37-42(45(49)50)46(3,4)5)40-52-43(47)35-33-31-13-11-9-7-2/h41-42H,6-40H2,1-5H3/p+1. The van der Waals surface area contributed by atoms with Gasteiger partial charge in [-0.25, -0.2) is 4.79 Å². The molecule has 1 N–H and O–H groups in total. The maximum absolute atomic E-state index is 12.7.